The van der Waals surface area contributed by atoms with Crippen molar-refractivity contribution in [1.82, 2.24) is 10.1 Å². The van der Waals surface area contributed by atoms with E-state index in [1.165, 1.54) is 12.8 Å². The number of carbonyl (C=O) groups is 1. The lowest BCUT2D eigenvalue weighted by Gasteiger charge is -2.26. The Morgan fingerprint density at radius 1 is 1.68 bits per heavy atom. The number of anilines is 1. The number of amides is 1. The van der Waals surface area contributed by atoms with Crippen LogP contribution in [-0.2, 0) is 4.79 Å². The summed E-state index contributed by atoms with van der Waals surface area (Å²) in [4.78, 5) is 14.0. The molecule has 0 saturated heterocycles. The zero-order valence-corrected chi connectivity index (χ0v) is 11.6. The molecule has 0 aromatic carbocycles. The van der Waals surface area contributed by atoms with Crippen LogP contribution in [0.1, 0.15) is 25.0 Å². The van der Waals surface area contributed by atoms with Gasteiger partial charge in [-0.2, -0.15) is 0 Å². The Morgan fingerprint density at radius 2 is 2.42 bits per heavy atom. The second kappa shape index (κ2) is 6.16. The van der Waals surface area contributed by atoms with E-state index in [9.17, 15) is 4.79 Å². The molecule has 3 N–H and O–H groups in total. The molecule has 1 heterocycles. The van der Waals surface area contributed by atoms with Crippen molar-refractivity contribution >= 4 is 11.7 Å². The molecular weight excluding hydrogens is 244 g/mol. The van der Waals surface area contributed by atoms with E-state index in [4.69, 9.17) is 10.3 Å². The second-order valence-corrected chi connectivity index (χ2v) is 5.24. The van der Waals surface area contributed by atoms with Gasteiger partial charge in [0.25, 0.3) is 0 Å². The fourth-order valence-corrected chi connectivity index (χ4v) is 2.29. The minimum atomic E-state index is -0.0493. The summed E-state index contributed by atoms with van der Waals surface area (Å²) in [5.74, 6) is 1.83. The van der Waals surface area contributed by atoms with Crippen LogP contribution in [-0.4, -0.2) is 42.1 Å². The molecule has 0 aliphatic heterocycles. The van der Waals surface area contributed by atoms with Crippen LogP contribution < -0.4 is 11.1 Å². The molecule has 0 spiro atoms. The van der Waals surface area contributed by atoms with Gasteiger partial charge < -0.3 is 20.5 Å². The van der Waals surface area contributed by atoms with E-state index < -0.39 is 0 Å². The molecule has 6 nitrogen and oxygen atoms in total. The third-order valence-electron chi connectivity index (χ3n) is 3.56. The lowest BCUT2D eigenvalue weighted by molar-refractivity contribution is -0.116. The number of likely N-dealkylation sites (N-methyl/N-ethyl adjacent to an activating group) is 1. The topological polar surface area (TPSA) is 84.4 Å². The molecule has 1 fully saturated rings. The highest BCUT2D eigenvalue weighted by molar-refractivity contribution is 5.89. The standard InChI is InChI=1S/C13H22N4O2/c1-9-7-12(16-19-9)15-13(18)5-6-17(2)11(8-14)10-3-4-10/h7,10-11H,3-6,8,14H2,1-2H3,(H,15,16,18). The van der Waals surface area contributed by atoms with E-state index in [0.29, 0.717) is 37.1 Å². The number of aromatic nitrogens is 1. The first kappa shape index (κ1) is 14.0. The van der Waals surface area contributed by atoms with E-state index in [2.05, 4.69) is 15.4 Å². The number of aryl methyl sites for hydroxylation is 1. The van der Waals surface area contributed by atoms with Crippen molar-refractivity contribution in [3.8, 4) is 0 Å². The minimum absolute atomic E-state index is 0.0493. The molecular formula is C13H22N4O2. The van der Waals surface area contributed by atoms with Crippen molar-refractivity contribution in [3.63, 3.8) is 0 Å². The lowest BCUT2D eigenvalue weighted by Crippen LogP contribution is -2.40. The Bertz CT molecular complexity index is 428. The van der Waals surface area contributed by atoms with Gasteiger partial charge in [0, 0.05) is 31.6 Å². The monoisotopic (exact) mass is 266 g/mol. The van der Waals surface area contributed by atoms with Crippen molar-refractivity contribution in [2.45, 2.75) is 32.2 Å². The van der Waals surface area contributed by atoms with Crippen LogP contribution in [0, 0.1) is 12.8 Å². The summed E-state index contributed by atoms with van der Waals surface area (Å²) in [7, 11) is 2.03. The summed E-state index contributed by atoms with van der Waals surface area (Å²) >= 11 is 0. The van der Waals surface area contributed by atoms with E-state index in [1.807, 2.05) is 7.05 Å². The fourth-order valence-electron chi connectivity index (χ4n) is 2.29. The van der Waals surface area contributed by atoms with Crippen LogP contribution in [0.4, 0.5) is 5.82 Å². The highest BCUT2D eigenvalue weighted by atomic mass is 16.5. The van der Waals surface area contributed by atoms with Crippen molar-refractivity contribution in [2.75, 3.05) is 25.5 Å². The smallest absolute Gasteiger partial charge is 0.226 e. The fraction of sp³-hybridized carbons (Fsp3) is 0.692. The van der Waals surface area contributed by atoms with Gasteiger partial charge >= 0.3 is 0 Å². The van der Waals surface area contributed by atoms with Crippen LogP contribution in [0.15, 0.2) is 10.6 Å². The van der Waals surface area contributed by atoms with E-state index in [1.54, 1.807) is 13.0 Å². The maximum atomic E-state index is 11.8. The van der Waals surface area contributed by atoms with Crippen molar-refractivity contribution in [2.24, 2.45) is 11.7 Å². The van der Waals surface area contributed by atoms with Gasteiger partial charge in [-0.25, -0.2) is 0 Å². The van der Waals surface area contributed by atoms with Gasteiger partial charge in [-0.05, 0) is 32.7 Å². The molecule has 0 radical (unpaired) electrons. The summed E-state index contributed by atoms with van der Waals surface area (Å²) < 4.78 is 4.89. The molecule has 1 atom stereocenters. The Hall–Kier alpha value is -1.40. The van der Waals surface area contributed by atoms with Gasteiger partial charge in [0.1, 0.15) is 5.76 Å². The molecule has 19 heavy (non-hydrogen) atoms. The van der Waals surface area contributed by atoms with Crippen LogP contribution in [0.25, 0.3) is 0 Å². The predicted molar refractivity (Wildman–Crippen MR) is 72.7 cm³/mol. The first-order valence-electron chi connectivity index (χ1n) is 6.73. The number of rotatable bonds is 7. The molecule has 6 heteroatoms. The Labute approximate surface area is 113 Å². The molecule has 1 aliphatic rings. The largest absolute Gasteiger partial charge is 0.360 e. The van der Waals surface area contributed by atoms with E-state index in [0.717, 1.165) is 5.92 Å². The average molecular weight is 266 g/mol. The van der Waals surface area contributed by atoms with Gasteiger partial charge in [-0.1, -0.05) is 5.16 Å². The molecule has 1 aromatic rings. The molecule has 1 aromatic heterocycles. The third kappa shape index (κ3) is 4.04. The summed E-state index contributed by atoms with van der Waals surface area (Å²) in [6.45, 7) is 3.16. The zero-order chi connectivity index (χ0) is 13.8. The number of nitrogens with zero attached hydrogens (tertiary/aromatic N) is 2. The van der Waals surface area contributed by atoms with E-state index in [-0.39, 0.29) is 5.91 Å². The second-order valence-electron chi connectivity index (χ2n) is 5.24. The quantitative estimate of drug-likeness (QED) is 0.768. The highest BCUT2D eigenvalue weighted by Gasteiger charge is 2.32. The normalized spacial score (nSPS) is 16.6. The van der Waals surface area contributed by atoms with Gasteiger partial charge in [0.05, 0.1) is 0 Å². The summed E-state index contributed by atoms with van der Waals surface area (Å²) in [6, 6.07) is 2.11. The predicted octanol–water partition coefficient (Wildman–Crippen LogP) is 0.981. The number of hydrogen-bond donors (Lipinski definition) is 2. The van der Waals surface area contributed by atoms with Crippen LogP contribution in [0.2, 0.25) is 0 Å². The van der Waals surface area contributed by atoms with Gasteiger partial charge in [-0.15, -0.1) is 0 Å². The van der Waals surface area contributed by atoms with Gasteiger partial charge in [-0.3, -0.25) is 4.79 Å². The average Bonchev–Trinajstić information content (AvgIpc) is 3.12. The van der Waals surface area contributed by atoms with Gasteiger partial charge in [0.2, 0.25) is 5.91 Å². The first-order valence-corrected chi connectivity index (χ1v) is 6.73. The third-order valence-corrected chi connectivity index (χ3v) is 3.56. The van der Waals surface area contributed by atoms with Crippen molar-refractivity contribution < 1.29 is 9.32 Å². The number of hydrogen-bond acceptors (Lipinski definition) is 5. The van der Waals surface area contributed by atoms with Crippen molar-refractivity contribution in [3.05, 3.63) is 11.8 Å². The number of nitrogens with two attached hydrogens (primary N) is 1. The summed E-state index contributed by atoms with van der Waals surface area (Å²) in [5.41, 5.74) is 5.78. The molecule has 1 unspecified atom stereocenters. The van der Waals surface area contributed by atoms with Crippen LogP contribution in [0.5, 0.6) is 0 Å². The highest BCUT2D eigenvalue weighted by Crippen LogP contribution is 2.34. The Morgan fingerprint density at radius 3 is 2.95 bits per heavy atom. The Balaban J connectivity index is 1.73. The molecule has 2 rings (SSSR count). The first-order chi connectivity index (χ1) is 9.10. The van der Waals surface area contributed by atoms with Crippen LogP contribution >= 0.6 is 0 Å². The maximum absolute atomic E-state index is 11.8. The number of nitrogens with one attached hydrogen (secondary N) is 1. The molecule has 1 saturated carbocycles. The van der Waals surface area contributed by atoms with Crippen molar-refractivity contribution in [1.29, 1.82) is 0 Å². The van der Waals surface area contributed by atoms with Crippen LogP contribution in [0.3, 0.4) is 0 Å². The number of carbonyl (C=O) groups excluding carboxylic acids is 1. The minimum Gasteiger partial charge on any atom is -0.360 e. The van der Waals surface area contributed by atoms with Gasteiger partial charge in [0.15, 0.2) is 5.82 Å². The molecule has 0 bridgehead atoms. The zero-order valence-electron chi connectivity index (χ0n) is 11.6. The SMILES string of the molecule is Cc1cc(NC(=O)CCN(C)C(CN)C2CC2)no1. The Kier molecular flexibility index (Phi) is 4.55. The lowest BCUT2D eigenvalue weighted by atomic mass is 10.1. The molecule has 1 amide bonds. The molecule has 1 aliphatic carbocycles. The summed E-state index contributed by atoms with van der Waals surface area (Å²) in [5, 5.41) is 6.45. The molecule has 106 valence electrons. The van der Waals surface area contributed by atoms with E-state index >= 15 is 0 Å². The summed E-state index contributed by atoms with van der Waals surface area (Å²) in [6.07, 6.45) is 2.96. The maximum Gasteiger partial charge on any atom is 0.226 e.